The second-order valence-corrected chi connectivity index (χ2v) is 12.8. The highest BCUT2D eigenvalue weighted by Crippen LogP contribution is 2.29. The predicted molar refractivity (Wildman–Crippen MR) is 238 cm³/mol. The molecule has 0 amide bonds. The maximum atomic E-state index is 8.70. The van der Waals surface area contributed by atoms with Crippen molar-refractivity contribution >= 4 is 85.8 Å². The van der Waals surface area contributed by atoms with Crippen molar-refractivity contribution in [3.05, 3.63) is 135 Å². The van der Waals surface area contributed by atoms with Gasteiger partial charge in [-0.2, -0.15) is 9.97 Å². The average Bonchev–Trinajstić information content (AvgIpc) is 3.08. The minimum absolute atomic E-state index is 0. The smallest absolute Gasteiger partial charge is 0.423 e. The van der Waals surface area contributed by atoms with Crippen molar-refractivity contribution in [1.29, 1.82) is 0 Å². The number of nitrogens with one attached hydrogen (secondary N) is 2. The van der Waals surface area contributed by atoms with Gasteiger partial charge in [-0.1, -0.05) is 103 Å². The minimum Gasteiger partial charge on any atom is -0.423 e. The third-order valence-electron chi connectivity index (χ3n) is 7.37. The molecule has 54 heavy (non-hydrogen) atoms. The van der Waals surface area contributed by atoms with Crippen LogP contribution < -0.4 is 27.6 Å². The van der Waals surface area contributed by atoms with Crippen LogP contribution in [0, 0.1) is 41.5 Å². The van der Waals surface area contributed by atoms with Crippen molar-refractivity contribution in [3.63, 3.8) is 0 Å². The summed E-state index contributed by atoms with van der Waals surface area (Å²) < 4.78 is 1.06. The number of nitrogens with two attached hydrogens (primary N) is 2. The van der Waals surface area contributed by atoms with Crippen LogP contribution in [-0.4, -0.2) is 37.1 Å². The van der Waals surface area contributed by atoms with Crippen LogP contribution in [0.2, 0.25) is 0 Å². The number of nitrogens with zero attached hydrogens (tertiary/aromatic N) is 4. The molecule has 2 heterocycles. The molecule has 4 aromatic carbocycles. The number of aromatic nitrogens is 4. The SMILES string of the molecule is C.C.Cc1cc(Nc2ccc(C)c(Br)c2)nc(N)n1.Cc1cccc(-c2cc(Nc3cc(C)nc(N)n3)ccc2C)c1.Cc1cccc(B(O)O)c1.S=S. The monoisotopic (exact) mass is 828 g/mol. The summed E-state index contributed by atoms with van der Waals surface area (Å²) in [5.74, 6) is 1.96. The Morgan fingerprint density at radius 2 is 1.07 bits per heavy atom. The molecule has 0 aliphatic rings. The van der Waals surface area contributed by atoms with E-state index in [1.165, 1.54) is 27.8 Å². The fourth-order valence-corrected chi connectivity index (χ4v) is 5.31. The summed E-state index contributed by atoms with van der Waals surface area (Å²) in [6.45, 7) is 12.0. The Morgan fingerprint density at radius 3 is 1.52 bits per heavy atom. The maximum Gasteiger partial charge on any atom is 0.488 e. The molecule has 0 aliphatic carbocycles. The molecule has 6 aromatic rings. The van der Waals surface area contributed by atoms with E-state index in [0.29, 0.717) is 17.1 Å². The number of hydrogen-bond acceptors (Lipinski definition) is 12. The minimum atomic E-state index is -1.35. The standard InChI is InChI=1S/C19H20N4.C12H13BrN4.C7H9BO2.2CH4.S2/c1-12-5-4-6-15(9-12)17-11-16(8-7-13(17)2)22-18-10-14(3)21-19(20)23-18;1-7-3-4-9(6-10(7)13)16-11-5-8(2)15-12(14)17-11;1-6-3-2-4-7(5-6)8(9)10;;;1-2/h4-11H,1-3H3,(H3,20,21,22,23);3-6H,1-2H3,(H3,14,15,16,17);2-5,9-10H,1H3;2*1H4;. The van der Waals surface area contributed by atoms with Crippen molar-refractivity contribution in [3.8, 4) is 11.1 Å². The van der Waals surface area contributed by atoms with Gasteiger partial charge in [0.15, 0.2) is 0 Å². The second kappa shape index (κ2) is 23.0. The van der Waals surface area contributed by atoms with E-state index >= 15 is 0 Å². The van der Waals surface area contributed by atoms with Crippen LogP contribution in [0.1, 0.15) is 48.5 Å². The second-order valence-electron chi connectivity index (χ2n) is 11.9. The first-order valence-electron chi connectivity index (χ1n) is 16.1. The summed E-state index contributed by atoms with van der Waals surface area (Å²) in [6.07, 6.45) is 0. The van der Waals surface area contributed by atoms with E-state index in [9.17, 15) is 0 Å². The van der Waals surface area contributed by atoms with E-state index in [4.69, 9.17) is 21.5 Å². The molecule has 0 fully saturated rings. The quantitative estimate of drug-likeness (QED) is 0.0888. The van der Waals surface area contributed by atoms with Crippen LogP contribution >= 0.6 is 15.9 Å². The highest BCUT2D eigenvalue weighted by atomic mass is 79.9. The van der Waals surface area contributed by atoms with Crippen molar-refractivity contribution in [1.82, 2.24) is 19.9 Å². The molecule has 14 heteroatoms. The molecule has 284 valence electrons. The van der Waals surface area contributed by atoms with Crippen LogP contribution in [-0.2, 0) is 22.4 Å². The first kappa shape index (κ1) is 47.2. The Labute approximate surface area is 338 Å². The van der Waals surface area contributed by atoms with E-state index in [1.807, 2.05) is 70.2 Å². The lowest BCUT2D eigenvalue weighted by molar-refractivity contribution is 0.425. The Hall–Kier alpha value is -4.86. The topological polar surface area (TPSA) is 168 Å². The molecule has 0 atom stereocenters. The lowest BCUT2D eigenvalue weighted by Crippen LogP contribution is -2.29. The van der Waals surface area contributed by atoms with Gasteiger partial charge in [0.2, 0.25) is 11.9 Å². The Bertz CT molecular complexity index is 2070. The first-order chi connectivity index (χ1) is 24.7. The van der Waals surface area contributed by atoms with Crippen molar-refractivity contribution in [2.45, 2.75) is 56.4 Å². The third-order valence-corrected chi connectivity index (χ3v) is 8.22. The summed E-state index contributed by atoms with van der Waals surface area (Å²) >= 11 is 10.8. The summed E-state index contributed by atoms with van der Waals surface area (Å²) in [4.78, 5) is 16.5. The Balaban J connectivity index is 0.000000416. The average molecular weight is 830 g/mol. The molecule has 0 saturated carbocycles. The van der Waals surface area contributed by atoms with Crippen molar-refractivity contribution in [2.24, 2.45) is 0 Å². The van der Waals surface area contributed by atoms with Gasteiger partial charge >= 0.3 is 7.12 Å². The van der Waals surface area contributed by atoms with Crippen LogP contribution in [0.15, 0.2) is 102 Å². The van der Waals surface area contributed by atoms with Gasteiger partial charge in [-0.05, 0) is 93.5 Å². The molecule has 0 saturated heterocycles. The van der Waals surface area contributed by atoms with E-state index < -0.39 is 7.12 Å². The molecular weight excluding hydrogens is 779 g/mol. The zero-order valence-electron chi connectivity index (χ0n) is 29.8. The van der Waals surface area contributed by atoms with Gasteiger partial charge < -0.3 is 32.1 Å². The fraction of sp³-hybridized carbons (Fsp3) is 0.200. The molecular formula is C40H50BBrN8O2S2. The lowest BCUT2D eigenvalue weighted by Gasteiger charge is -2.12. The molecule has 0 unspecified atom stereocenters. The summed E-state index contributed by atoms with van der Waals surface area (Å²) in [6, 6.07) is 31.7. The number of anilines is 6. The Kier molecular flexibility index (Phi) is 20.1. The third kappa shape index (κ3) is 15.2. The molecule has 10 nitrogen and oxygen atoms in total. The molecule has 0 radical (unpaired) electrons. The van der Waals surface area contributed by atoms with Crippen LogP contribution in [0.25, 0.3) is 11.1 Å². The van der Waals surface area contributed by atoms with Gasteiger partial charge in [0, 0.05) is 61.7 Å². The largest absolute Gasteiger partial charge is 0.488 e. The highest BCUT2D eigenvalue weighted by Gasteiger charge is 2.09. The van der Waals surface area contributed by atoms with E-state index in [0.717, 1.165) is 32.8 Å². The zero-order valence-corrected chi connectivity index (χ0v) is 33.1. The number of halogens is 1. The molecule has 6 rings (SSSR count). The molecule has 2 aromatic heterocycles. The number of rotatable bonds is 6. The normalized spacial score (nSPS) is 9.57. The van der Waals surface area contributed by atoms with Crippen LogP contribution in [0.4, 0.5) is 34.9 Å². The van der Waals surface area contributed by atoms with Crippen molar-refractivity contribution in [2.75, 3.05) is 22.1 Å². The van der Waals surface area contributed by atoms with Gasteiger partial charge in [0.25, 0.3) is 0 Å². The molecule has 8 N–H and O–H groups in total. The van der Waals surface area contributed by atoms with Crippen LogP contribution in [0.5, 0.6) is 0 Å². The van der Waals surface area contributed by atoms with Gasteiger partial charge in [-0.15, -0.1) is 0 Å². The van der Waals surface area contributed by atoms with E-state index in [-0.39, 0.29) is 26.7 Å². The highest BCUT2D eigenvalue weighted by molar-refractivity contribution is 9.10. The number of nitrogen functional groups attached to an aromatic ring is 2. The van der Waals surface area contributed by atoms with Gasteiger partial charge in [0.1, 0.15) is 11.6 Å². The summed E-state index contributed by atoms with van der Waals surface area (Å²) in [5, 5.41) is 23.9. The van der Waals surface area contributed by atoms with Gasteiger partial charge in [-0.25, -0.2) is 9.97 Å². The number of aryl methyl sites for hydroxylation is 6. The van der Waals surface area contributed by atoms with Gasteiger partial charge in [-0.3, -0.25) is 0 Å². The molecule has 0 bridgehead atoms. The van der Waals surface area contributed by atoms with Gasteiger partial charge in [0.05, 0.1) is 0 Å². The number of benzene rings is 4. The lowest BCUT2D eigenvalue weighted by atomic mass is 9.80. The molecule has 0 spiro atoms. The fourth-order valence-electron chi connectivity index (χ4n) is 4.93. The summed E-state index contributed by atoms with van der Waals surface area (Å²) in [5.41, 5.74) is 22.6. The molecule has 0 aliphatic heterocycles. The predicted octanol–water partition coefficient (Wildman–Crippen LogP) is 8.52. The zero-order chi connectivity index (χ0) is 38.4. The van der Waals surface area contributed by atoms with E-state index in [1.54, 1.807) is 18.2 Å². The van der Waals surface area contributed by atoms with E-state index in [2.05, 4.69) is 119 Å². The first-order valence-corrected chi connectivity index (χ1v) is 18.2. The number of hydrogen-bond donors (Lipinski definition) is 6. The summed E-state index contributed by atoms with van der Waals surface area (Å²) in [7, 11) is -1.35. The van der Waals surface area contributed by atoms with Crippen LogP contribution in [0.3, 0.4) is 0 Å². The van der Waals surface area contributed by atoms with Crippen molar-refractivity contribution < 1.29 is 10.0 Å². The maximum absolute atomic E-state index is 8.70. The Morgan fingerprint density at radius 1 is 0.593 bits per heavy atom.